The van der Waals surface area contributed by atoms with Crippen molar-refractivity contribution in [3.63, 3.8) is 0 Å². The van der Waals surface area contributed by atoms with E-state index in [9.17, 15) is 9.59 Å². The summed E-state index contributed by atoms with van der Waals surface area (Å²) in [6.07, 6.45) is 2.93. The average molecular weight is 550 g/mol. The Bertz CT molecular complexity index is 1490. The number of amides is 1. The quantitative estimate of drug-likeness (QED) is 0.211. The van der Waals surface area contributed by atoms with Crippen LogP contribution in [0.4, 0.5) is 4.79 Å². The molecule has 4 aromatic rings. The van der Waals surface area contributed by atoms with Gasteiger partial charge in [0, 0.05) is 38.1 Å². The van der Waals surface area contributed by atoms with Crippen molar-refractivity contribution in [3.05, 3.63) is 78.1 Å². The Morgan fingerprint density at radius 1 is 0.927 bits per heavy atom. The molecule has 0 aliphatic carbocycles. The van der Waals surface area contributed by atoms with Gasteiger partial charge >= 0.3 is 12.1 Å². The topological polar surface area (TPSA) is 95.8 Å². The van der Waals surface area contributed by atoms with Gasteiger partial charge in [0.25, 0.3) is 0 Å². The number of carbonyl (C=O) groups is 2. The number of benzene rings is 2. The van der Waals surface area contributed by atoms with Gasteiger partial charge in [-0.25, -0.2) is 14.3 Å². The van der Waals surface area contributed by atoms with E-state index in [4.69, 9.17) is 19.3 Å². The summed E-state index contributed by atoms with van der Waals surface area (Å²) in [6, 6.07) is 18.9. The number of carbonyl (C=O) groups excluding carboxylic acids is 2. The van der Waals surface area contributed by atoms with Crippen LogP contribution in [0.3, 0.4) is 0 Å². The SMILES string of the molecule is CCOC(=O)c1c2nccc(C3CCN(C(=O)OC(C)(C)C)CC3)c2nn1-c1ccc(Oc2ccccc2)cc1.[Li]. The second kappa shape index (κ2) is 12.8. The van der Waals surface area contributed by atoms with Gasteiger partial charge in [0.1, 0.15) is 28.1 Å². The minimum Gasteiger partial charge on any atom is -0.461 e. The van der Waals surface area contributed by atoms with Gasteiger partial charge < -0.3 is 19.1 Å². The molecule has 3 heterocycles. The Morgan fingerprint density at radius 2 is 1.59 bits per heavy atom. The van der Waals surface area contributed by atoms with Gasteiger partial charge in [-0.3, -0.25) is 4.98 Å². The molecule has 1 aliphatic heterocycles. The summed E-state index contributed by atoms with van der Waals surface area (Å²) in [4.78, 5) is 32.0. The molecular weight excluding hydrogens is 515 g/mol. The van der Waals surface area contributed by atoms with Crippen molar-refractivity contribution in [1.29, 1.82) is 0 Å². The van der Waals surface area contributed by atoms with E-state index in [0.29, 0.717) is 35.6 Å². The fourth-order valence-corrected chi connectivity index (χ4v) is 4.88. The molecule has 1 fully saturated rings. The van der Waals surface area contributed by atoms with Crippen molar-refractivity contribution >= 4 is 42.0 Å². The number of likely N-dealkylation sites (tertiary alicyclic amines) is 1. The number of pyridine rings is 1. The summed E-state index contributed by atoms with van der Waals surface area (Å²) in [5, 5.41) is 4.88. The molecule has 0 N–H and O–H groups in total. The van der Waals surface area contributed by atoms with Crippen LogP contribution in [-0.2, 0) is 9.47 Å². The smallest absolute Gasteiger partial charge is 0.410 e. The molecule has 1 saturated heterocycles. The van der Waals surface area contributed by atoms with Crippen LogP contribution in [0.25, 0.3) is 16.7 Å². The maximum absolute atomic E-state index is 13.1. The van der Waals surface area contributed by atoms with Crippen LogP contribution in [-0.4, -0.2) is 75.9 Å². The zero-order chi connectivity index (χ0) is 28.3. The van der Waals surface area contributed by atoms with E-state index in [0.717, 1.165) is 24.2 Å². The summed E-state index contributed by atoms with van der Waals surface area (Å²) < 4.78 is 18.5. The van der Waals surface area contributed by atoms with E-state index in [1.165, 1.54) is 0 Å². The van der Waals surface area contributed by atoms with Gasteiger partial charge in [0.05, 0.1) is 12.3 Å². The average Bonchev–Trinajstić information content (AvgIpc) is 3.33. The van der Waals surface area contributed by atoms with E-state index in [1.54, 1.807) is 22.7 Å². The second-order valence-electron chi connectivity index (χ2n) is 10.7. The molecule has 0 atom stereocenters. The molecule has 0 bridgehead atoms. The normalized spacial score (nSPS) is 13.9. The van der Waals surface area contributed by atoms with Crippen LogP contribution in [0.5, 0.6) is 11.5 Å². The molecule has 1 radical (unpaired) electrons. The largest absolute Gasteiger partial charge is 0.461 e. The number of piperidine rings is 1. The predicted molar refractivity (Wildman–Crippen MR) is 157 cm³/mol. The third-order valence-electron chi connectivity index (χ3n) is 6.71. The first kappa shape index (κ1) is 30.2. The summed E-state index contributed by atoms with van der Waals surface area (Å²) in [7, 11) is 0. The van der Waals surface area contributed by atoms with Crippen LogP contribution < -0.4 is 4.74 Å². The van der Waals surface area contributed by atoms with Gasteiger partial charge in [-0.15, -0.1) is 0 Å². The first-order valence-electron chi connectivity index (χ1n) is 13.6. The fraction of sp³-hybridized carbons (Fsp3) is 0.355. The Kier molecular flexibility index (Phi) is 9.41. The van der Waals surface area contributed by atoms with Crippen LogP contribution >= 0.6 is 0 Å². The number of hydrogen-bond donors (Lipinski definition) is 0. The van der Waals surface area contributed by atoms with E-state index in [2.05, 4.69) is 4.98 Å². The third kappa shape index (κ3) is 6.92. The molecule has 2 aromatic heterocycles. The number of aromatic nitrogens is 3. The van der Waals surface area contributed by atoms with Crippen molar-refractivity contribution in [3.8, 4) is 17.2 Å². The number of nitrogens with zero attached hydrogens (tertiary/aromatic N) is 4. The van der Waals surface area contributed by atoms with Crippen molar-refractivity contribution in [2.45, 2.75) is 52.1 Å². The van der Waals surface area contributed by atoms with E-state index < -0.39 is 11.6 Å². The molecule has 209 valence electrons. The number of ether oxygens (including phenoxy) is 3. The van der Waals surface area contributed by atoms with Crippen LogP contribution in [0.2, 0.25) is 0 Å². The first-order valence-corrected chi connectivity index (χ1v) is 13.6. The van der Waals surface area contributed by atoms with Gasteiger partial charge in [-0.05, 0) is 94.5 Å². The molecule has 5 rings (SSSR count). The maximum atomic E-state index is 13.1. The zero-order valence-corrected chi connectivity index (χ0v) is 24.3. The van der Waals surface area contributed by atoms with Crippen LogP contribution in [0.15, 0.2) is 66.9 Å². The Hall–Kier alpha value is -3.80. The fourth-order valence-electron chi connectivity index (χ4n) is 4.88. The van der Waals surface area contributed by atoms with E-state index in [-0.39, 0.29) is 43.2 Å². The summed E-state index contributed by atoms with van der Waals surface area (Å²) in [5.41, 5.74) is 2.59. The second-order valence-corrected chi connectivity index (χ2v) is 10.7. The molecule has 10 heteroatoms. The zero-order valence-electron chi connectivity index (χ0n) is 24.3. The van der Waals surface area contributed by atoms with Crippen molar-refractivity contribution in [1.82, 2.24) is 19.7 Å². The molecule has 1 amide bonds. The van der Waals surface area contributed by atoms with Crippen LogP contribution in [0.1, 0.15) is 62.5 Å². The number of esters is 1. The molecule has 9 nitrogen and oxygen atoms in total. The number of hydrogen-bond acceptors (Lipinski definition) is 7. The first-order chi connectivity index (χ1) is 19.2. The van der Waals surface area contributed by atoms with Crippen molar-refractivity contribution in [2.75, 3.05) is 19.7 Å². The molecule has 1 aliphatic rings. The summed E-state index contributed by atoms with van der Waals surface area (Å²) in [5.74, 6) is 1.07. The van der Waals surface area contributed by atoms with Gasteiger partial charge in [0.15, 0.2) is 5.69 Å². The molecule has 0 saturated carbocycles. The number of para-hydroxylation sites is 1. The van der Waals surface area contributed by atoms with Gasteiger partial charge in [0.2, 0.25) is 0 Å². The molecule has 2 aromatic carbocycles. The molecule has 41 heavy (non-hydrogen) atoms. The Balaban J connectivity index is 0.00000387. The maximum Gasteiger partial charge on any atom is 0.410 e. The number of rotatable bonds is 6. The summed E-state index contributed by atoms with van der Waals surface area (Å²) >= 11 is 0. The molecule has 0 spiro atoms. The Labute approximate surface area is 252 Å². The monoisotopic (exact) mass is 549 g/mol. The molecule has 0 unspecified atom stereocenters. The molecular formula is C31H34LiN4O5. The standard InChI is InChI=1S/C31H34N4O5.Li/c1-5-38-29(36)28-27-26(33-35(28)22-11-13-24(14-12-22)39-23-9-7-6-8-10-23)25(15-18-32-27)21-16-19-34(20-17-21)30(37)40-31(2,3)4;/h6-15,18,21H,5,16-17,19-20H2,1-4H3;. The van der Waals surface area contributed by atoms with Gasteiger partial charge in [-0.2, -0.15) is 5.10 Å². The minimum atomic E-state index is -0.534. The number of fused-ring (bicyclic) bond motifs is 1. The van der Waals surface area contributed by atoms with E-state index in [1.807, 2.05) is 81.4 Å². The van der Waals surface area contributed by atoms with Crippen LogP contribution in [0, 0.1) is 0 Å². The third-order valence-corrected chi connectivity index (χ3v) is 6.71. The Morgan fingerprint density at radius 3 is 2.22 bits per heavy atom. The van der Waals surface area contributed by atoms with Crippen molar-refractivity contribution in [2.24, 2.45) is 0 Å². The summed E-state index contributed by atoms with van der Waals surface area (Å²) in [6.45, 7) is 8.77. The predicted octanol–water partition coefficient (Wildman–Crippen LogP) is 6.12. The van der Waals surface area contributed by atoms with E-state index >= 15 is 0 Å². The minimum absolute atomic E-state index is 0. The van der Waals surface area contributed by atoms with Gasteiger partial charge in [-0.1, -0.05) is 18.2 Å². The van der Waals surface area contributed by atoms with Crippen molar-refractivity contribution < 1.29 is 23.8 Å².